The number of amides is 2. The molecule has 1 fully saturated rings. The Kier molecular flexibility index (Phi) is 7.45. The first kappa shape index (κ1) is 23.2. The van der Waals surface area contributed by atoms with Gasteiger partial charge in [0, 0.05) is 30.0 Å². The third-order valence-electron chi connectivity index (χ3n) is 5.27. The molecule has 3 N–H and O–H groups in total. The third kappa shape index (κ3) is 5.07. The number of carbonyl (C=O) groups is 2. The summed E-state index contributed by atoms with van der Waals surface area (Å²) in [6, 6.07) is 5.87. The minimum absolute atomic E-state index is 0.0675. The monoisotopic (exact) mass is 436 g/mol. The first-order chi connectivity index (χ1) is 15.5. The van der Waals surface area contributed by atoms with E-state index in [1.54, 1.807) is 10.7 Å². The molecule has 2 amide bonds. The molecule has 32 heavy (non-hydrogen) atoms. The number of anilines is 2. The maximum atomic E-state index is 12.5. The van der Waals surface area contributed by atoms with E-state index < -0.39 is 0 Å². The van der Waals surface area contributed by atoms with Crippen molar-refractivity contribution >= 4 is 28.8 Å². The van der Waals surface area contributed by atoms with Gasteiger partial charge in [-0.3, -0.25) is 9.59 Å². The van der Waals surface area contributed by atoms with E-state index in [1.165, 1.54) is 6.33 Å². The third-order valence-corrected chi connectivity index (χ3v) is 5.27. The highest BCUT2D eigenvalue weighted by Crippen LogP contribution is 2.28. The Morgan fingerprint density at radius 1 is 1.16 bits per heavy atom. The lowest BCUT2D eigenvalue weighted by molar-refractivity contribution is 0.0943. The van der Waals surface area contributed by atoms with Gasteiger partial charge in [0.05, 0.1) is 5.56 Å². The molecule has 0 spiro atoms. The van der Waals surface area contributed by atoms with Gasteiger partial charge in [0.15, 0.2) is 5.82 Å². The molecule has 2 aromatic heterocycles. The standard InChI is InChI=1S/C22H26N6O2.C2H6/c1-4-9-23-22(30)17-11-28-19(14(17)3)20(24-12-25-28)27-18-10-15(6-5-13(18)2)21(29)26-16-7-8-16;1-2/h5-6,10-12,16H,4,7-9H2,1-3H3,(H,23,30)(H,26,29)(H,24,25,27);1-2H3. The average molecular weight is 437 g/mol. The first-order valence-corrected chi connectivity index (χ1v) is 11.3. The van der Waals surface area contributed by atoms with Crippen LogP contribution in [0.5, 0.6) is 0 Å². The summed E-state index contributed by atoms with van der Waals surface area (Å²) in [7, 11) is 0. The van der Waals surface area contributed by atoms with E-state index in [1.807, 2.05) is 52.8 Å². The van der Waals surface area contributed by atoms with E-state index in [0.29, 0.717) is 29.5 Å². The minimum atomic E-state index is -0.124. The Morgan fingerprint density at radius 3 is 2.59 bits per heavy atom. The molecule has 0 radical (unpaired) electrons. The number of hydrogen-bond donors (Lipinski definition) is 3. The van der Waals surface area contributed by atoms with Gasteiger partial charge >= 0.3 is 0 Å². The smallest absolute Gasteiger partial charge is 0.253 e. The van der Waals surface area contributed by atoms with Gasteiger partial charge in [0.2, 0.25) is 0 Å². The zero-order chi connectivity index (χ0) is 23.3. The highest BCUT2D eigenvalue weighted by molar-refractivity contribution is 5.99. The Morgan fingerprint density at radius 2 is 1.91 bits per heavy atom. The second-order valence-electron chi connectivity index (χ2n) is 7.73. The van der Waals surface area contributed by atoms with E-state index in [4.69, 9.17) is 0 Å². The number of hydrogen-bond acceptors (Lipinski definition) is 5. The molecule has 170 valence electrons. The van der Waals surface area contributed by atoms with Gasteiger partial charge in [-0.25, -0.2) is 9.50 Å². The second kappa shape index (κ2) is 10.3. The van der Waals surface area contributed by atoms with Crippen molar-refractivity contribution < 1.29 is 9.59 Å². The molecule has 8 nitrogen and oxygen atoms in total. The highest BCUT2D eigenvalue weighted by Gasteiger charge is 2.24. The number of fused-ring (bicyclic) bond motifs is 1. The fourth-order valence-electron chi connectivity index (χ4n) is 3.34. The van der Waals surface area contributed by atoms with Crippen LogP contribution in [0.1, 0.15) is 71.9 Å². The summed E-state index contributed by atoms with van der Waals surface area (Å²) in [5.74, 6) is 0.391. The van der Waals surface area contributed by atoms with E-state index in [2.05, 4.69) is 26.0 Å². The van der Waals surface area contributed by atoms with Gasteiger partial charge in [-0.05, 0) is 56.4 Å². The normalized spacial score (nSPS) is 12.7. The molecule has 1 aliphatic carbocycles. The second-order valence-corrected chi connectivity index (χ2v) is 7.73. The molecule has 2 heterocycles. The fraction of sp³-hybridized carbons (Fsp3) is 0.417. The van der Waals surface area contributed by atoms with Crippen molar-refractivity contribution in [1.82, 2.24) is 25.2 Å². The van der Waals surface area contributed by atoms with Crippen molar-refractivity contribution in [3.63, 3.8) is 0 Å². The van der Waals surface area contributed by atoms with Gasteiger partial charge in [-0.2, -0.15) is 5.10 Å². The van der Waals surface area contributed by atoms with Crippen LogP contribution in [0.4, 0.5) is 11.5 Å². The first-order valence-electron chi connectivity index (χ1n) is 11.3. The van der Waals surface area contributed by atoms with E-state index in [-0.39, 0.29) is 11.8 Å². The number of aromatic nitrogens is 3. The molecule has 3 aromatic rings. The maximum absolute atomic E-state index is 12.5. The fourth-order valence-corrected chi connectivity index (χ4v) is 3.34. The van der Waals surface area contributed by atoms with Crippen LogP contribution in [0.2, 0.25) is 0 Å². The number of rotatable bonds is 7. The van der Waals surface area contributed by atoms with Gasteiger partial charge < -0.3 is 16.0 Å². The molecule has 0 atom stereocenters. The number of carbonyl (C=O) groups excluding carboxylic acids is 2. The molecular weight excluding hydrogens is 404 g/mol. The topological polar surface area (TPSA) is 100 Å². The average Bonchev–Trinajstić information content (AvgIpc) is 3.55. The van der Waals surface area contributed by atoms with Crippen LogP contribution in [0, 0.1) is 13.8 Å². The minimum Gasteiger partial charge on any atom is -0.352 e. The number of nitrogens with zero attached hydrogens (tertiary/aromatic N) is 3. The summed E-state index contributed by atoms with van der Waals surface area (Å²) in [6.45, 7) is 10.5. The molecule has 4 rings (SSSR count). The largest absolute Gasteiger partial charge is 0.352 e. The Hall–Kier alpha value is -3.42. The number of aryl methyl sites for hydroxylation is 2. The lowest BCUT2D eigenvalue weighted by Gasteiger charge is -2.12. The molecule has 1 aliphatic rings. The van der Waals surface area contributed by atoms with Crippen molar-refractivity contribution in [2.75, 3.05) is 11.9 Å². The summed E-state index contributed by atoms with van der Waals surface area (Å²) in [4.78, 5) is 29.3. The van der Waals surface area contributed by atoms with Crippen LogP contribution in [0.15, 0.2) is 30.7 Å². The summed E-state index contributed by atoms with van der Waals surface area (Å²) in [6.07, 6.45) is 6.12. The SMILES string of the molecule is CC.CCCNC(=O)c1cn2ncnc(Nc3cc(C(=O)NC4CC4)ccc3C)c2c1C. The van der Waals surface area contributed by atoms with E-state index >= 15 is 0 Å². The summed E-state index contributed by atoms with van der Waals surface area (Å²) in [5, 5.41) is 13.5. The Balaban J connectivity index is 0.00000141. The molecule has 8 heteroatoms. The van der Waals surface area contributed by atoms with Crippen LogP contribution in [0.25, 0.3) is 5.52 Å². The van der Waals surface area contributed by atoms with Crippen molar-refractivity contribution in [2.45, 2.75) is 59.9 Å². The van der Waals surface area contributed by atoms with Crippen LogP contribution in [-0.4, -0.2) is 39.0 Å². The maximum Gasteiger partial charge on any atom is 0.253 e. The molecule has 0 saturated heterocycles. The van der Waals surface area contributed by atoms with Crippen molar-refractivity contribution in [1.29, 1.82) is 0 Å². The molecule has 0 unspecified atom stereocenters. The number of nitrogens with one attached hydrogen (secondary N) is 3. The van der Waals surface area contributed by atoms with Crippen LogP contribution >= 0.6 is 0 Å². The summed E-state index contributed by atoms with van der Waals surface area (Å²) >= 11 is 0. The van der Waals surface area contributed by atoms with Crippen LogP contribution < -0.4 is 16.0 Å². The van der Waals surface area contributed by atoms with E-state index in [9.17, 15) is 9.59 Å². The molecule has 0 aliphatic heterocycles. The Labute approximate surface area is 188 Å². The van der Waals surface area contributed by atoms with Crippen LogP contribution in [-0.2, 0) is 0 Å². The van der Waals surface area contributed by atoms with Gasteiger partial charge in [-0.1, -0.05) is 26.8 Å². The Bertz CT molecular complexity index is 1120. The van der Waals surface area contributed by atoms with Crippen molar-refractivity contribution in [2.24, 2.45) is 0 Å². The highest BCUT2D eigenvalue weighted by atomic mass is 16.2. The lowest BCUT2D eigenvalue weighted by Crippen LogP contribution is -2.25. The van der Waals surface area contributed by atoms with Gasteiger partial charge in [-0.15, -0.1) is 0 Å². The number of benzene rings is 1. The van der Waals surface area contributed by atoms with Crippen molar-refractivity contribution in [3.05, 3.63) is 53.0 Å². The zero-order valence-electron chi connectivity index (χ0n) is 19.5. The predicted molar refractivity (Wildman–Crippen MR) is 127 cm³/mol. The zero-order valence-corrected chi connectivity index (χ0v) is 19.5. The molecule has 1 saturated carbocycles. The van der Waals surface area contributed by atoms with Gasteiger partial charge in [0.25, 0.3) is 11.8 Å². The van der Waals surface area contributed by atoms with E-state index in [0.717, 1.165) is 41.6 Å². The quantitative estimate of drug-likeness (QED) is 0.517. The van der Waals surface area contributed by atoms with Gasteiger partial charge in [0.1, 0.15) is 11.8 Å². The predicted octanol–water partition coefficient (Wildman–Crippen LogP) is 4.15. The summed E-state index contributed by atoms with van der Waals surface area (Å²) < 4.78 is 1.66. The molecule has 0 bridgehead atoms. The van der Waals surface area contributed by atoms with Crippen molar-refractivity contribution in [3.8, 4) is 0 Å². The molecular formula is C24H32N6O2. The molecule has 1 aromatic carbocycles. The lowest BCUT2D eigenvalue weighted by atomic mass is 10.1. The summed E-state index contributed by atoms with van der Waals surface area (Å²) in [5.41, 5.74) is 4.47. The van der Waals surface area contributed by atoms with Crippen LogP contribution in [0.3, 0.4) is 0 Å².